The first kappa shape index (κ1) is 9.76. The summed E-state index contributed by atoms with van der Waals surface area (Å²) in [6, 6.07) is 0. The summed E-state index contributed by atoms with van der Waals surface area (Å²) in [7, 11) is 0. The maximum absolute atomic E-state index is 11.3. The van der Waals surface area contributed by atoms with Gasteiger partial charge >= 0.3 is 0 Å². The Morgan fingerprint density at radius 3 is 2.60 bits per heavy atom. The Hall–Kier alpha value is -1.78. The number of nitrogens with zero attached hydrogens (tertiary/aromatic N) is 3. The summed E-state index contributed by atoms with van der Waals surface area (Å²) >= 11 is 0. The molecule has 1 amide bonds. The van der Waals surface area contributed by atoms with E-state index in [9.17, 15) is 9.59 Å². The third-order valence-corrected chi connectivity index (χ3v) is 2.35. The number of rotatable bonds is 3. The van der Waals surface area contributed by atoms with Crippen molar-refractivity contribution < 1.29 is 9.59 Å². The van der Waals surface area contributed by atoms with Gasteiger partial charge < -0.3 is 4.90 Å². The van der Waals surface area contributed by atoms with Gasteiger partial charge in [0.2, 0.25) is 5.91 Å². The van der Waals surface area contributed by atoms with Crippen molar-refractivity contribution in [1.29, 1.82) is 0 Å². The van der Waals surface area contributed by atoms with E-state index in [4.69, 9.17) is 0 Å². The Balaban J connectivity index is 1.89. The normalized spacial score (nSPS) is 16.1. The molecule has 5 nitrogen and oxygen atoms in total. The Bertz CT molecular complexity index is 378. The lowest BCUT2D eigenvalue weighted by Gasteiger charge is -2.13. The summed E-state index contributed by atoms with van der Waals surface area (Å²) in [5, 5.41) is 0. The molecule has 2 rings (SSSR count). The Kier molecular flexibility index (Phi) is 2.71. The van der Waals surface area contributed by atoms with Crippen LogP contribution in [0.15, 0.2) is 18.7 Å². The van der Waals surface area contributed by atoms with Gasteiger partial charge in [-0.3, -0.25) is 9.59 Å². The van der Waals surface area contributed by atoms with Crippen molar-refractivity contribution in [3.8, 4) is 0 Å². The van der Waals surface area contributed by atoms with E-state index in [2.05, 4.69) is 9.97 Å². The molecule has 0 bridgehead atoms. The predicted octanol–water partition coefficient (Wildman–Crippen LogP) is -0.180. The number of likely N-dealkylation sites (tertiary alicyclic amines) is 1. The fourth-order valence-corrected chi connectivity index (χ4v) is 1.56. The van der Waals surface area contributed by atoms with E-state index in [1.54, 1.807) is 17.3 Å². The minimum Gasteiger partial charge on any atom is -0.335 e. The Morgan fingerprint density at radius 1 is 1.27 bits per heavy atom. The highest BCUT2D eigenvalue weighted by Crippen LogP contribution is 2.07. The van der Waals surface area contributed by atoms with Gasteiger partial charge in [-0.2, -0.15) is 0 Å². The topological polar surface area (TPSA) is 63.2 Å². The highest BCUT2D eigenvalue weighted by Gasteiger charge is 2.26. The molecule has 0 spiro atoms. The van der Waals surface area contributed by atoms with Gasteiger partial charge in [0.1, 0.15) is 6.33 Å². The number of ketones is 1. The molecule has 1 aliphatic rings. The molecule has 78 valence electrons. The lowest BCUT2D eigenvalue weighted by Crippen LogP contribution is -2.27. The summed E-state index contributed by atoms with van der Waals surface area (Å²) in [4.78, 5) is 31.6. The Morgan fingerprint density at radius 2 is 2.00 bits per heavy atom. The number of carbonyl (C=O) groups is 2. The Labute approximate surface area is 87.1 Å². The van der Waals surface area contributed by atoms with Crippen molar-refractivity contribution in [2.75, 3.05) is 13.1 Å². The van der Waals surface area contributed by atoms with Gasteiger partial charge in [0.25, 0.3) is 0 Å². The molecule has 5 heteroatoms. The summed E-state index contributed by atoms with van der Waals surface area (Å²) < 4.78 is 0. The van der Waals surface area contributed by atoms with Crippen molar-refractivity contribution in [3.05, 3.63) is 24.3 Å². The van der Waals surface area contributed by atoms with E-state index >= 15 is 0 Å². The summed E-state index contributed by atoms with van der Waals surface area (Å²) in [5.74, 6) is -0.0684. The number of hydrogen-bond donors (Lipinski definition) is 0. The third kappa shape index (κ3) is 2.37. The number of hydrogen-bond acceptors (Lipinski definition) is 4. The van der Waals surface area contributed by atoms with Crippen LogP contribution in [0.1, 0.15) is 12.0 Å². The molecule has 1 aromatic rings. The molecule has 0 N–H and O–H groups in total. The standard InChI is InChI=1S/C10H11N3O2/c14-9-3-10(15)13(6-9)2-1-8-4-11-7-12-5-8/h4-5,7H,1-3,6H2. The fraction of sp³-hybridized carbons (Fsp3) is 0.400. The molecule has 1 aliphatic heterocycles. The molecule has 2 heterocycles. The van der Waals surface area contributed by atoms with Crippen LogP contribution in [0.4, 0.5) is 0 Å². The van der Waals surface area contributed by atoms with E-state index in [-0.39, 0.29) is 24.7 Å². The highest BCUT2D eigenvalue weighted by molar-refractivity contribution is 6.05. The van der Waals surface area contributed by atoms with E-state index in [0.717, 1.165) is 5.56 Å². The van der Waals surface area contributed by atoms with Crippen LogP contribution in [-0.4, -0.2) is 39.6 Å². The van der Waals surface area contributed by atoms with Crippen molar-refractivity contribution in [2.24, 2.45) is 0 Å². The molecule has 0 radical (unpaired) electrons. The largest absolute Gasteiger partial charge is 0.335 e. The molecule has 0 aromatic carbocycles. The maximum atomic E-state index is 11.3. The predicted molar refractivity (Wildman–Crippen MR) is 51.9 cm³/mol. The van der Waals surface area contributed by atoms with Crippen LogP contribution in [0.3, 0.4) is 0 Å². The molecule has 1 saturated heterocycles. The number of aromatic nitrogens is 2. The summed E-state index contributed by atoms with van der Waals surface area (Å²) in [6.45, 7) is 0.824. The first-order valence-corrected chi connectivity index (χ1v) is 4.79. The van der Waals surface area contributed by atoms with Gasteiger partial charge in [-0.25, -0.2) is 9.97 Å². The van der Waals surface area contributed by atoms with Crippen LogP contribution in [0.2, 0.25) is 0 Å². The van der Waals surface area contributed by atoms with Crippen LogP contribution in [0.5, 0.6) is 0 Å². The van der Waals surface area contributed by atoms with Gasteiger partial charge in [0.05, 0.1) is 13.0 Å². The van der Waals surface area contributed by atoms with Crippen molar-refractivity contribution in [2.45, 2.75) is 12.8 Å². The lowest BCUT2D eigenvalue weighted by atomic mass is 10.2. The number of Topliss-reactive ketones (excluding diaryl/α,β-unsaturated/α-hetero) is 1. The molecule has 1 fully saturated rings. The molecule has 0 atom stereocenters. The van der Waals surface area contributed by atoms with Crippen LogP contribution in [0.25, 0.3) is 0 Å². The number of amides is 1. The molecule has 1 aromatic heterocycles. The molecule has 0 unspecified atom stereocenters. The first-order chi connectivity index (χ1) is 7.25. The molecular formula is C10H11N3O2. The van der Waals surface area contributed by atoms with Crippen LogP contribution >= 0.6 is 0 Å². The van der Waals surface area contributed by atoms with E-state index in [1.165, 1.54) is 6.33 Å². The third-order valence-electron chi connectivity index (χ3n) is 2.35. The lowest BCUT2D eigenvalue weighted by molar-refractivity contribution is -0.127. The molecule has 0 aliphatic carbocycles. The number of carbonyl (C=O) groups excluding carboxylic acids is 2. The molecule has 0 saturated carbocycles. The first-order valence-electron chi connectivity index (χ1n) is 4.79. The van der Waals surface area contributed by atoms with Crippen LogP contribution in [0, 0.1) is 0 Å². The maximum Gasteiger partial charge on any atom is 0.230 e. The zero-order valence-electron chi connectivity index (χ0n) is 8.22. The van der Waals surface area contributed by atoms with Gasteiger partial charge in [-0.05, 0) is 12.0 Å². The average Bonchev–Trinajstić information content (AvgIpc) is 2.56. The zero-order chi connectivity index (χ0) is 10.7. The van der Waals surface area contributed by atoms with E-state index < -0.39 is 0 Å². The van der Waals surface area contributed by atoms with Crippen LogP contribution in [-0.2, 0) is 16.0 Å². The summed E-state index contributed by atoms with van der Waals surface area (Å²) in [5.41, 5.74) is 0.977. The van der Waals surface area contributed by atoms with Gasteiger partial charge in [-0.1, -0.05) is 0 Å². The van der Waals surface area contributed by atoms with E-state index in [1.807, 2.05) is 0 Å². The smallest absolute Gasteiger partial charge is 0.230 e. The van der Waals surface area contributed by atoms with Crippen molar-refractivity contribution in [3.63, 3.8) is 0 Å². The second-order valence-electron chi connectivity index (χ2n) is 3.53. The van der Waals surface area contributed by atoms with Gasteiger partial charge in [-0.15, -0.1) is 0 Å². The van der Waals surface area contributed by atoms with Crippen LogP contribution < -0.4 is 0 Å². The zero-order valence-corrected chi connectivity index (χ0v) is 8.22. The minimum absolute atomic E-state index is 0.00399. The molecular weight excluding hydrogens is 194 g/mol. The van der Waals surface area contributed by atoms with Crippen molar-refractivity contribution >= 4 is 11.7 Å². The second kappa shape index (κ2) is 4.16. The minimum atomic E-state index is -0.0724. The van der Waals surface area contributed by atoms with Crippen molar-refractivity contribution in [1.82, 2.24) is 14.9 Å². The second-order valence-corrected chi connectivity index (χ2v) is 3.53. The SMILES string of the molecule is O=C1CC(=O)N(CCc2cncnc2)C1. The fourth-order valence-electron chi connectivity index (χ4n) is 1.56. The van der Waals surface area contributed by atoms with E-state index in [0.29, 0.717) is 13.0 Å². The average molecular weight is 205 g/mol. The quantitative estimate of drug-likeness (QED) is 0.642. The highest BCUT2D eigenvalue weighted by atomic mass is 16.2. The van der Waals surface area contributed by atoms with Gasteiger partial charge in [0.15, 0.2) is 5.78 Å². The summed E-state index contributed by atoms with van der Waals surface area (Å²) in [6.07, 6.45) is 5.66. The monoisotopic (exact) mass is 205 g/mol. The van der Waals surface area contributed by atoms with Gasteiger partial charge in [0, 0.05) is 18.9 Å². The molecule has 15 heavy (non-hydrogen) atoms.